The molecule has 1 aliphatic heterocycles. The number of thioether (sulfide) groups is 1. The first-order valence-electron chi connectivity index (χ1n) is 10.4. The first kappa shape index (κ1) is 22.4. The Bertz CT molecular complexity index is 1050. The van der Waals surface area contributed by atoms with Crippen molar-refractivity contribution < 1.29 is 14.0 Å². The standard InChI is InChI=1S/C23H23FN4O2S2/c24-19-8-6-18(7-9-19)22(30)28-12-10-17(11-13-28)21(29)25-23-27-26-20(32-23)15-31-14-16-4-2-1-3-5-16/h1-9,17H,10-15H2,(H,25,27,29). The summed E-state index contributed by atoms with van der Waals surface area (Å²) in [6.45, 7) is 0.984. The van der Waals surface area contributed by atoms with Gasteiger partial charge in [-0.25, -0.2) is 4.39 Å². The predicted molar refractivity (Wildman–Crippen MR) is 125 cm³/mol. The van der Waals surface area contributed by atoms with Gasteiger partial charge in [-0.3, -0.25) is 9.59 Å². The average molecular weight is 471 g/mol. The molecule has 2 heterocycles. The molecule has 1 aromatic heterocycles. The summed E-state index contributed by atoms with van der Waals surface area (Å²) in [5.41, 5.74) is 1.72. The summed E-state index contributed by atoms with van der Waals surface area (Å²) in [6.07, 6.45) is 1.16. The van der Waals surface area contributed by atoms with E-state index < -0.39 is 0 Å². The Morgan fingerprint density at radius 3 is 2.47 bits per heavy atom. The van der Waals surface area contributed by atoms with E-state index in [1.165, 1.54) is 41.2 Å². The SMILES string of the molecule is O=C(Nc1nnc(CSCc2ccccc2)s1)C1CCN(C(=O)c2ccc(F)cc2)CC1. The third-order valence-electron chi connectivity index (χ3n) is 5.28. The monoisotopic (exact) mass is 470 g/mol. The lowest BCUT2D eigenvalue weighted by atomic mass is 9.95. The van der Waals surface area contributed by atoms with Gasteiger partial charge in [-0.2, -0.15) is 0 Å². The number of aromatic nitrogens is 2. The second kappa shape index (κ2) is 10.7. The summed E-state index contributed by atoms with van der Waals surface area (Å²) < 4.78 is 13.1. The number of halogens is 1. The van der Waals surface area contributed by atoms with E-state index in [1.54, 1.807) is 16.7 Å². The summed E-state index contributed by atoms with van der Waals surface area (Å²) >= 11 is 3.15. The molecule has 1 N–H and O–H groups in total. The van der Waals surface area contributed by atoms with Gasteiger partial charge in [-0.05, 0) is 42.7 Å². The lowest BCUT2D eigenvalue weighted by Gasteiger charge is -2.31. The Morgan fingerprint density at radius 2 is 1.75 bits per heavy atom. The molecule has 0 atom stereocenters. The molecular formula is C23H23FN4O2S2. The molecule has 2 amide bonds. The van der Waals surface area contributed by atoms with Gasteiger partial charge in [-0.15, -0.1) is 22.0 Å². The van der Waals surface area contributed by atoms with Gasteiger partial charge < -0.3 is 10.2 Å². The maximum atomic E-state index is 13.1. The van der Waals surface area contributed by atoms with Gasteiger partial charge in [0.05, 0.1) is 0 Å². The van der Waals surface area contributed by atoms with E-state index in [1.807, 2.05) is 18.2 Å². The largest absolute Gasteiger partial charge is 0.339 e. The lowest BCUT2D eigenvalue weighted by molar-refractivity contribution is -0.121. The van der Waals surface area contributed by atoms with Crippen molar-refractivity contribution in [3.8, 4) is 0 Å². The second-order valence-corrected chi connectivity index (χ2v) is 9.59. The minimum absolute atomic E-state index is 0.0847. The van der Waals surface area contributed by atoms with Crippen LogP contribution in [0.5, 0.6) is 0 Å². The van der Waals surface area contributed by atoms with Gasteiger partial charge in [0.25, 0.3) is 5.91 Å². The Hall–Kier alpha value is -2.78. The van der Waals surface area contributed by atoms with Crippen LogP contribution in [0.1, 0.15) is 33.8 Å². The molecule has 0 spiro atoms. The number of hydrogen-bond acceptors (Lipinski definition) is 6. The molecule has 0 aliphatic carbocycles. The van der Waals surface area contributed by atoms with Crippen molar-refractivity contribution in [1.82, 2.24) is 15.1 Å². The maximum absolute atomic E-state index is 13.1. The summed E-state index contributed by atoms with van der Waals surface area (Å²) in [5, 5.41) is 12.5. The summed E-state index contributed by atoms with van der Waals surface area (Å²) in [7, 11) is 0. The predicted octanol–water partition coefficient (Wildman–Crippen LogP) is 4.60. The van der Waals surface area contributed by atoms with E-state index in [0.717, 1.165) is 16.5 Å². The van der Waals surface area contributed by atoms with Crippen LogP contribution >= 0.6 is 23.1 Å². The van der Waals surface area contributed by atoms with Crippen molar-refractivity contribution >= 4 is 40.0 Å². The fraction of sp³-hybridized carbons (Fsp3) is 0.304. The molecule has 6 nitrogen and oxygen atoms in total. The molecule has 1 fully saturated rings. The van der Waals surface area contributed by atoms with Crippen molar-refractivity contribution in [3.63, 3.8) is 0 Å². The zero-order valence-corrected chi connectivity index (χ0v) is 19.0. The van der Waals surface area contributed by atoms with Crippen LogP contribution in [0.25, 0.3) is 0 Å². The number of nitrogens with one attached hydrogen (secondary N) is 1. The van der Waals surface area contributed by atoms with Crippen molar-refractivity contribution in [2.45, 2.75) is 24.3 Å². The van der Waals surface area contributed by atoms with Crippen molar-refractivity contribution in [3.05, 3.63) is 76.5 Å². The molecule has 0 radical (unpaired) electrons. The maximum Gasteiger partial charge on any atom is 0.253 e. The van der Waals surface area contributed by atoms with Gasteiger partial charge in [0.15, 0.2) is 0 Å². The number of piperidine rings is 1. The highest BCUT2D eigenvalue weighted by atomic mass is 32.2. The summed E-state index contributed by atoms with van der Waals surface area (Å²) in [6, 6.07) is 15.8. The average Bonchev–Trinajstić information content (AvgIpc) is 3.27. The molecule has 32 heavy (non-hydrogen) atoms. The van der Waals surface area contributed by atoms with E-state index in [9.17, 15) is 14.0 Å². The Labute approximate surface area is 194 Å². The smallest absolute Gasteiger partial charge is 0.253 e. The number of benzene rings is 2. The summed E-state index contributed by atoms with van der Waals surface area (Å²) in [4.78, 5) is 26.9. The van der Waals surface area contributed by atoms with E-state index >= 15 is 0 Å². The number of carbonyl (C=O) groups excluding carboxylic acids is 2. The van der Waals surface area contributed by atoms with E-state index in [0.29, 0.717) is 36.6 Å². The van der Waals surface area contributed by atoms with Crippen molar-refractivity contribution in [2.24, 2.45) is 5.92 Å². The number of hydrogen-bond donors (Lipinski definition) is 1. The van der Waals surface area contributed by atoms with Crippen LogP contribution in [0.2, 0.25) is 0 Å². The van der Waals surface area contributed by atoms with Crippen molar-refractivity contribution in [1.29, 1.82) is 0 Å². The number of carbonyl (C=O) groups is 2. The highest BCUT2D eigenvalue weighted by molar-refractivity contribution is 7.97. The number of nitrogens with zero attached hydrogens (tertiary/aromatic N) is 3. The number of anilines is 1. The molecule has 0 saturated carbocycles. The molecular weight excluding hydrogens is 447 g/mol. The van der Waals surface area contributed by atoms with Gasteiger partial charge in [0, 0.05) is 36.1 Å². The molecule has 2 aromatic carbocycles. The molecule has 0 bridgehead atoms. The first-order valence-corrected chi connectivity index (χ1v) is 12.4. The third kappa shape index (κ3) is 5.92. The normalized spacial score (nSPS) is 14.3. The van der Waals surface area contributed by atoms with E-state index in [4.69, 9.17) is 0 Å². The fourth-order valence-electron chi connectivity index (χ4n) is 3.52. The van der Waals surface area contributed by atoms with E-state index in [2.05, 4.69) is 27.6 Å². The topological polar surface area (TPSA) is 75.2 Å². The van der Waals surface area contributed by atoms with Crippen LogP contribution in [0, 0.1) is 11.7 Å². The fourth-order valence-corrected chi connectivity index (χ4v) is 5.31. The van der Waals surface area contributed by atoms with Gasteiger partial charge in [-0.1, -0.05) is 41.7 Å². The Morgan fingerprint density at radius 1 is 1.03 bits per heavy atom. The highest BCUT2D eigenvalue weighted by Gasteiger charge is 2.28. The lowest BCUT2D eigenvalue weighted by Crippen LogP contribution is -2.41. The van der Waals surface area contributed by atoms with Crippen LogP contribution in [0.3, 0.4) is 0 Å². The highest BCUT2D eigenvalue weighted by Crippen LogP contribution is 2.25. The number of amides is 2. The van der Waals surface area contributed by atoms with Crippen molar-refractivity contribution in [2.75, 3.05) is 18.4 Å². The van der Waals surface area contributed by atoms with Gasteiger partial charge >= 0.3 is 0 Å². The molecule has 9 heteroatoms. The molecule has 3 aromatic rings. The minimum Gasteiger partial charge on any atom is -0.339 e. The zero-order chi connectivity index (χ0) is 22.3. The third-order valence-corrected chi connectivity index (χ3v) is 7.31. The molecule has 1 saturated heterocycles. The van der Waals surface area contributed by atoms with Crippen LogP contribution in [-0.2, 0) is 16.3 Å². The minimum atomic E-state index is -0.369. The van der Waals surface area contributed by atoms with Crippen LogP contribution < -0.4 is 5.32 Å². The van der Waals surface area contributed by atoms with Gasteiger partial charge in [0.2, 0.25) is 11.0 Å². The van der Waals surface area contributed by atoms with E-state index in [-0.39, 0.29) is 23.5 Å². The quantitative estimate of drug-likeness (QED) is 0.546. The molecule has 4 rings (SSSR count). The molecule has 0 unspecified atom stereocenters. The van der Waals surface area contributed by atoms with Crippen LogP contribution in [0.4, 0.5) is 9.52 Å². The Balaban J connectivity index is 1.22. The number of likely N-dealkylation sites (tertiary alicyclic amines) is 1. The number of rotatable bonds is 7. The van der Waals surface area contributed by atoms with Crippen LogP contribution in [0.15, 0.2) is 54.6 Å². The zero-order valence-electron chi connectivity index (χ0n) is 17.4. The Kier molecular flexibility index (Phi) is 7.49. The van der Waals surface area contributed by atoms with Gasteiger partial charge in [0.1, 0.15) is 10.8 Å². The first-order chi connectivity index (χ1) is 15.6. The molecule has 166 valence electrons. The second-order valence-electron chi connectivity index (χ2n) is 7.54. The summed E-state index contributed by atoms with van der Waals surface area (Å²) in [5.74, 6) is 0.881. The molecule has 1 aliphatic rings. The van der Waals surface area contributed by atoms with Crippen LogP contribution in [-0.4, -0.2) is 40.0 Å².